The first kappa shape index (κ1) is 51.1. The molecule has 0 bridgehead atoms. The van der Waals surface area contributed by atoms with Gasteiger partial charge in [0.05, 0.1) is 29.7 Å². The molecule has 7 heterocycles. The van der Waals surface area contributed by atoms with Crippen LogP contribution in [0.1, 0.15) is 94.3 Å². The number of fused-ring (bicyclic) bond motifs is 1. The van der Waals surface area contributed by atoms with Gasteiger partial charge in [-0.15, -0.1) is 0 Å². The van der Waals surface area contributed by atoms with Crippen molar-refractivity contribution in [3.63, 3.8) is 0 Å². The third kappa shape index (κ3) is 11.4. The molecule has 4 saturated heterocycles. The summed E-state index contributed by atoms with van der Waals surface area (Å²) in [5.41, 5.74) is 2.30. The fraction of sp³-hybridized carbons (Fsp3) is 0.635. The SMILES string of the molecule is CCOC(=O)c1cnc(Nc2cnn(C)c2)nc1NC1CCC(N2CCN(C(=O)C3CCC(C(=O)N4CCC(CCN5CCN(c6cc7c(cc6F)c(N6CCC(=O)NC6=O)nn7C)CC5)CC4)CC3)CC2)CC1. The smallest absolute Gasteiger partial charge is 0.343 e. The lowest BCUT2D eigenvalue weighted by Gasteiger charge is -2.43. The average molecular weight is 1020 g/mol. The van der Waals surface area contributed by atoms with Crippen LogP contribution < -0.4 is 25.8 Å². The molecule has 22 heteroatoms. The lowest BCUT2D eigenvalue weighted by Crippen LogP contribution is -2.54. The number of hydrogen-bond donors (Lipinski definition) is 3. The maximum atomic E-state index is 15.7. The third-order valence-corrected chi connectivity index (χ3v) is 16.6. The second kappa shape index (κ2) is 22.6. The maximum absolute atomic E-state index is 15.7. The highest BCUT2D eigenvalue weighted by atomic mass is 19.1. The van der Waals surface area contributed by atoms with Crippen molar-refractivity contribution in [2.75, 3.05) is 106 Å². The number of esters is 1. The van der Waals surface area contributed by atoms with E-state index in [4.69, 9.17) is 4.74 Å². The average Bonchev–Trinajstić information content (AvgIpc) is 3.97. The number of amides is 5. The van der Waals surface area contributed by atoms with E-state index < -0.39 is 12.0 Å². The number of aryl methyl sites for hydroxylation is 2. The first-order valence-corrected chi connectivity index (χ1v) is 27.0. The number of benzene rings is 1. The first-order chi connectivity index (χ1) is 35.9. The molecule has 2 aliphatic carbocycles. The summed E-state index contributed by atoms with van der Waals surface area (Å²) in [6.07, 6.45) is 15.3. The van der Waals surface area contributed by atoms with E-state index in [1.165, 1.54) is 17.2 Å². The zero-order valence-corrected chi connectivity index (χ0v) is 43.1. The topological polar surface area (TPSA) is 212 Å². The van der Waals surface area contributed by atoms with Gasteiger partial charge in [0, 0.05) is 134 Å². The minimum absolute atomic E-state index is 0.00129. The number of hydrogen-bond acceptors (Lipinski definition) is 15. The number of likely N-dealkylation sites (tertiary alicyclic amines) is 1. The molecular formula is C52H72FN15O6. The first-order valence-electron chi connectivity index (χ1n) is 27.0. The van der Waals surface area contributed by atoms with Crippen LogP contribution in [0.2, 0.25) is 0 Å². The minimum Gasteiger partial charge on any atom is -0.462 e. The number of halogens is 1. The van der Waals surface area contributed by atoms with E-state index in [9.17, 15) is 24.0 Å². The predicted octanol–water partition coefficient (Wildman–Crippen LogP) is 4.73. The number of imide groups is 1. The van der Waals surface area contributed by atoms with Gasteiger partial charge in [-0.25, -0.2) is 19.0 Å². The van der Waals surface area contributed by atoms with Crippen LogP contribution in [0.15, 0.2) is 30.7 Å². The highest BCUT2D eigenvalue weighted by molar-refractivity contribution is 6.09. The zero-order valence-electron chi connectivity index (χ0n) is 43.1. The molecule has 398 valence electrons. The van der Waals surface area contributed by atoms with Crippen LogP contribution in [-0.4, -0.2) is 176 Å². The van der Waals surface area contributed by atoms with Crippen molar-refractivity contribution in [1.29, 1.82) is 0 Å². The fourth-order valence-corrected chi connectivity index (χ4v) is 12.2. The van der Waals surface area contributed by atoms with Crippen LogP contribution in [-0.2, 0) is 33.2 Å². The number of carbonyl (C=O) groups is 5. The van der Waals surface area contributed by atoms with Crippen molar-refractivity contribution in [2.24, 2.45) is 31.8 Å². The molecule has 0 unspecified atom stereocenters. The van der Waals surface area contributed by atoms with E-state index in [0.29, 0.717) is 59.3 Å². The predicted molar refractivity (Wildman–Crippen MR) is 276 cm³/mol. The molecule has 6 aliphatic rings. The minimum atomic E-state index is -0.546. The molecule has 21 nitrogen and oxygen atoms in total. The Hall–Kier alpha value is -6.42. The van der Waals surface area contributed by atoms with Gasteiger partial charge in [-0.3, -0.25) is 43.8 Å². The van der Waals surface area contributed by atoms with E-state index in [2.05, 4.69) is 60.6 Å². The molecule has 74 heavy (non-hydrogen) atoms. The van der Waals surface area contributed by atoms with Gasteiger partial charge in [-0.05, 0) is 102 Å². The number of nitrogens with one attached hydrogen (secondary N) is 3. The number of nitrogens with zero attached hydrogens (tertiary/aromatic N) is 12. The number of anilines is 5. The molecule has 10 rings (SSSR count). The van der Waals surface area contributed by atoms with Crippen molar-refractivity contribution in [1.82, 2.24) is 54.4 Å². The molecule has 0 atom stereocenters. The van der Waals surface area contributed by atoms with Crippen molar-refractivity contribution >= 4 is 69.6 Å². The van der Waals surface area contributed by atoms with E-state index in [1.54, 1.807) is 29.5 Å². The lowest BCUT2D eigenvalue weighted by atomic mass is 9.80. The van der Waals surface area contributed by atoms with Crippen LogP contribution in [0, 0.1) is 23.6 Å². The van der Waals surface area contributed by atoms with Crippen LogP contribution >= 0.6 is 0 Å². The number of ether oxygens (including phenoxy) is 1. The summed E-state index contributed by atoms with van der Waals surface area (Å²) < 4.78 is 24.3. The Labute approximate surface area is 431 Å². The second-order valence-electron chi connectivity index (χ2n) is 21.2. The molecule has 2 saturated carbocycles. The summed E-state index contributed by atoms with van der Waals surface area (Å²) in [5, 5.41) is 18.3. The number of aromatic nitrogens is 6. The molecular weight excluding hydrogens is 950 g/mol. The standard InChI is InChI=1S/C52H72FN15O6/c1-4-74-50(72)41-32-54-51(57-38-31-55-61(2)33-38)59-46(41)56-37-9-11-39(12-10-37)64-25-27-67(28-26-64)49(71)36-7-5-35(6-8-36)48(70)66-18-14-34(15-19-66)13-17-63-21-23-65(24-22-63)44-30-43-40(29-42(44)53)47(60-62(43)3)68-20-16-45(69)58-52(68)73/h29-37,39H,4-28H2,1-3H3,(H,58,69,73)(H2,54,56,57,59). The van der Waals surface area contributed by atoms with Crippen LogP contribution in [0.3, 0.4) is 0 Å². The van der Waals surface area contributed by atoms with Crippen molar-refractivity contribution in [3.8, 4) is 0 Å². The van der Waals surface area contributed by atoms with Gasteiger partial charge in [-0.2, -0.15) is 15.2 Å². The van der Waals surface area contributed by atoms with Gasteiger partial charge in [0.2, 0.25) is 23.7 Å². The highest BCUT2D eigenvalue weighted by Crippen LogP contribution is 2.36. The number of urea groups is 1. The number of rotatable bonds is 14. The largest absolute Gasteiger partial charge is 0.462 e. The Kier molecular flexibility index (Phi) is 15.6. The van der Waals surface area contributed by atoms with E-state index in [0.717, 1.165) is 141 Å². The number of piperidine rings is 1. The molecule has 0 spiro atoms. The van der Waals surface area contributed by atoms with Gasteiger partial charge in [0.1, 0.15) is 17.2 Å². The Morgan fingerprint density at radius 1 is 0.811 bits per heavy atom. The summed E-state index contributed by atoms with van der Waals surface area (Å²) in [6, 6.07) is 3.31. The quantitative estimate of drug-likeness (QED) is 0.146. The van der Waals surface area contributed by atoms with Gasteiger partial charge >= 0.3 is 12.0 Å². The maximum Gasteiger partial charge on any atom is 0.343 e. The summed E-state index contributed by atoms with van der Waals surface area (Å²) in [7, 11) is 3.61. The summed E-state index contributed by atoms with van der Waals surface area (Å²) in [5.74, 6) is 1.10. The van der Waals surface area contributed by atoms with Gasteiger partial charge in [0.15, 0.2) is 5.82 Å². The molecule has 3 N–H and O–H groups in total. The summed E-state index contributed by atoms with van der Waals surface area (Å²) >= 11 is 0. The summed E-state index contributed by atoms with van der Waals surface area (Å²) in [6.45, 7) is 11.1. The Bertz CT molecular complexity index is 2670. The monoisotopic (exact) mass is 1020 g/mol. The molecule has 0 radical (unpaired) electrons. The molecule has 5 amide bonds. The van der Waals surface area contributed by atoms with Crippen molar-refractivity contribution in [2.45, 2.75) is 96.1 Å². The van der Waals surface area contributed by atoms with Crippen LogP contribution in [0.5, 0.6) is 0 Å². The Morgan fingerprint density at radius 3 is 2.15 bits per heavy atom. The zero-order chi connectivity index (χ0) is 51.5. The third-order valence-electron chi connectivity index (χ3n) is 16.6. The summed E-state index contributed by atoms with van der Waals surface area (Å²) in [4.78, 5) is 86.3. The normalized spacial score (nSPS) is 23.8. The number of carbonyl (C=O) groups excluding carboxylic acids is 5. The fourth-order valence-electron chi connectivity index (χ4n) is 12.2. The van der Waals surface area contributed by atoms with Crippen LogP contribution in [0.4, 0.5) is 38.1 Å². The molecule has 4 aromatic rings. The number of piperazine rings is 2. The van der Waals surface area contributed by atoms with E-state index in [-0.39, 0.29) is 61.0 Å². The van der Waals surface area contributed by atoms with Crippen molar-refractivity contribution < 1.29 is 33.1 Å². The molecule has 1 aromatic carbocycles. The highest BCUT2D eigenvalue weighted by Gasteiger charge is 2.38. The molecule has 3 aromatic heterocycles. The van der Waals surface area contributed by atoms with Gasteiger partial charge in [0.25, 0.3) is 0 Å². The molecule has 6 fully saturated rings. The van der Waals surface area contributed by atoms with E-state index >= 15 is 4.39 Å². The molecule has 4 aliphatic heterocycles. The van der Waals surface area contributed by atoms with Crippen LogP contribution in [0.25, 0.3) is 10.9 Å². The Morgan fingerprint density at radius 2 is 1.50 bits per heavy atom. The Balaban J connectivity index is 0.610. The lowest BCUT2D eigenvalue weighted by molar-refractivity contribution is -0.143. The van der Waals surface area contributed by atoms with Gasteiger partial charge in [-0.1, -0.05) is 0 Å². The van der Waals surface area contributed by atoms with Crippen molar-refractivity contribution in [3.05, 3.63) is 42.1 Å². The van der Waals surface area contributed by atoms with E-state index in [1.807, 2.05) is 19.3 Å². The van der Waals surface area contributed by atoms with Gasteiger partial charge < -0.3 is 30.1 Å². The second-order valence-corrected chi connectivity index (χ2v) is 21.2.